The van der Waals surface area contributed by atoms with Gasteiger partial charge >= 0.3 is 5.97 Å². The van der Waals surface area contributed by atoms with Crippen LogP contribution < -0.4 is 0 Å². The molecule has 0 aromatic heterocycles. The SMILES string of the molecule is O=C(O)CN1CCN(C/C=C/Cl)CC1. The number of carboxylic acids is 1. The molecule has 1 aliphatic rings. The van der Waals surface area contributed by atoms with Gasteiger partial charge in [-0.15, -0.1) is 0 Å². The molecule has 1 heterocycles. The number of rotatable bonds is 4. The van der Waals surface area contributed by atoms with Crippen LogP contribution >= 0.6 is 11.6 Å². The van der Waals surface area contributed by atoms with E-state index >= 15 is 0 Å². The lowest BCUT2D eigenvalue weighted by molar-refractivity contribution is -0.138. The Balaban J connectivity index is 2.20. The van der Waals surface area contributed by atoms with Gasteiger partial charge in [-0.3, -0.25) is 14.6 Å². The number of hydrogen-bond donors (Lipinski definition) is 1. The molecule has 0 radical (unpaired) electrons. The first-order valence-corrected chi connectivity index (χ1v) is 5.07. The van der Waals surface area contributed by atoms with E-state index < -0.39 is 5.97 Å². The molecule has 1 aliphatic heterocycles. The van der Waals surface area contributed by atoms with Gasteiger partial charge in [-0.05, 0) is 0 Å². The first-order valence-electron chi connectivity index (χ1n) is 4.64. The standard InChI is InChI=1S/C9H15ClN2O2/c10-2-1-3-11-4-6-12(7-5-11)8-9(13)14/h1-2H,3-8H2,(H,13,14)/b2-1+. The van der Waals surface area contributed by atoms with Gasteiger partial charge in [-0.2, -0.15) is 0 Å². The number of carbonyl (C=O) groups is 1. The van der Waals surface area contributed by atoms with E-state index in [1.54, 1.807) is 0 Å². The van der Waals surface area contributed by atoms with Gasteiger partial charge in [-0.1, -0.05) is 17.7 Å². The lowest BCUT2D eigenvalue weighted by Crippen LogP contribution is -2.47. The first kappa shape index (κ1) is 11.5. The Hall–Kier alpha value is -0.580. The second-order valence-electron chi connectivity index (χ2n) is 3.33. The molecule has 1 rings (SSSR count). The Kier molecular flexibility index (Phi) is 4.93. The fourth-order valence-electron chi connectivity index (χ4n) is 1.51. The van der Waals surface area contributed by atoms with E-state index in [0.29, 0.717) is 0 Å². The third-order valence-corrected chi connectivity index (χ3v) is 2.45. The van der Waals surface area contributed by atoms with E-state index in [1.165, 1.54) is 5.54 Å². The highest BCUT2D eigenvalue weighted by atomic mass is 35.5. The van der Waals surface area contributed by atoms with Crippen molar-refractivity contribution in [3.8, 4) is 0 Å². The molecule has 5 heteroatoms. The Bertz CT molecular complexity index is 213. The third kappa shape index (κ3) is 4.09. The molecule has 4 nitrogen and oxygen atoms in total. The van der Waals surface area contributed by atoms with Crippen molar-refractivity contribution >= 4 is 17.6 Å². The Morgan fingerprint density at radius 3 is 2.36 bits per heavy atom. The second kappa shape index (κ2) is 6.01. The van der Waals surface area contributed by atoms with Crippen LogP contribution in [0.5, 0.6) is 0 Å². The van der Waals surface area contributed by atoms with Crippen molar-refractivity contribution in [2.24, 2.45) is 0 Å². The van der Waals surface area contributed by atoms with E-state index in [4.69, 9.17) is 16.7 Å². The summed E-state index contributed by atoms with van der Waals surface area (Å²) >= 11 is 5.42. The minimum Gasteiger partial charge on any atom is -0.480 e. The van der Waals surface area contributed by atoms with Crippen LogP contribution in [0.3, 0.4) is 0 Å². The zero-order valence-corrected chi connectivity index (χ0v) is 8.78. The first-order chi connectivity index (χ1) is 6.72. The fourth-order valence-corrected chi connectivity index (χ4v) is 1.59. The summed E-state index contributed by atoms with van der Waals surface area (Å²) in [4.78, 5) is 14.6. The molecule has 0 aromatic carbocycles. The highest BCUT2D eigenvalue weighted by Gasteiger charge is 2.17. The zero-order valence-electron chi connectivity index (χ0n) is 8.03. The van der Waals surface area contributed by atoms with Crippen LogP contribution in [0.25, 0.3) is 0 Å². The van der Waals surface area contributed by atoms with Crippen LogP contribution in [0, 0.1) is 0 Å². The molecular weight excluding hydrogens is 204 g/mol. The maximum atomic E-state index is 10.4. The predicted molar refractivity (Wildman–Crippen MR) is 55.5 cm³/mol. The molecular formula is C9H15ClN2O2. The number of carboxylic acid groups (broad SMARTS) is 1. The van der Waals surface area contributed by atoms with Gasteiger partial charge in [0.05, 0.1) is 6.54 Å². The number of aliphatic carboxylic acids is 1. The molecule has 0 atom stereocenters. The number of halogens is 1. The summed E-state index contributed by atoms with van der Waals surface area (Å²) in [6.45, 7) is 4.47. The van der Waals surface area contributed by atoms with E-state index in [9.17, 15) is 4.79 Å². The van der Waals surface area contributed by atoms with Crippen LogP contribution in [-0.4, -0.2) is 60.1 Å². The van der Waals surface area contributed by atoms with Crippen LogP contribution in [0.15, 0.2) is 11.6 Å². The summed E-state index contributed by atoms with van der Waals surface area (Å²) in [5.74, 6) is -0.751. The van der Waals surface area contributed by atoms with Gasteiger partial charge in [0.1, 0.15) is 0 Å². The lowest BCUT2D eigenvalue weighted by atomic mass is 10.3. The molecule has 1 saturated heterocycles. The quantitative estimate of drug-likeness (QED) is 0.744. The van der Waals surface area contributed by atoms with Gasteiger partial charge in [0.25, 0.3) is 0 Å². The molecule has 0 bridgehead atoms. The molecule has 1 N–H and O–H groups in total. The summed E-state index contributed by atoms with van der Waals surface area (Å²) < 4.78 is 0. The largest absolute Gasteiger partial charge is 0.480 e. The van der Waals surface area contributed by atoms with Crippen molar-refractivity contribution in [3.05, 3.63) is 11.6 Å². The molecule has 0 aliphatic carbocycles. The van der Waals surface area contributed by atoms with Gasteiger partial charge in [0.15, 0.2) is 0 Å². The van der Waals surface area contributed by atoms with E-state index in [-0.39, 0.29) is 6.54 Å². The van der Waals surface area contributed by atoms with Gasteiger partial charge in [0, 0.05) is 38.3 Å². The van der Waals surface area contributed by atoms with Crippen LogP contribution in [0.4, 0.5) is 0 Å². The minimum atomic E-state index is -0.751. The Morgan fingerprint density at radius 1 is 1.29 bits per heavy atom. The minimum absolute atomic E-state index is 0.152. The average molecular weight is 219 g/mol. The fraction of sp³-hybridized carbons (Fsp3) is 0.667. The zero-order chi connectivity index (χ0) is 10.4. The molecule has 80 valence electrons. The lowest BCUT2D eigenvalue weighted by Gasteiger charge is -2.32. The predicted octanol–water partition coefficient (Wildman–Crippen LogP) is 0.441. The van der Waals surface area contributed by atoms with Gasteiger partial charge in [-0.25, -0.2) is 0 Å². The Morgan fingerprint density at radius 2 is 1.86 bits per heavy atom. The van der Waals surface area contributed by atoms with E-state index in [1.807, 2.05) is 11.0 Å². The molecule has 1 fully saturated rings. The normalized spacial score (nSPS) is 20.4. The van der Waals surface area contributed by atoms with Crippen LogP contribution in [0.2, 0.25) is 0 Å². The third-order valence-electron chi connectivity index (χ3n) is 2.28. The van der Waals surface area contributed by atoms with Crippen molar-refractivity contribution < 1.29 is 9.90 Å². The molecule has 0 amide bonds. The average Bonchev–Trinajstić information content (AvgIpc) is 2.16. The summed E-state index contributed by atoms with van der Waals surface area (Å²) in [7, 11) is 0. The summed E-state index contributed by atoms with van der Waals surface area (Å²) in [5, 5.41) is 8.59. The van der Waals surface area contributed by atoms with Gasteiger partial charge < -0.3 is 5.11 Å². The summed E-state index contributed by atoms with van der Waals surface area (Å²) in [6.07, 6.45) is 1.90. The van der Waals surface area contributed by atoms with Crippen LogP contribution in [0.1, 0.15) is 0 Å². The van der Waals surface area contributed by atoms with Crippen molar-refractivity contribution in [1.29, 1.82) is 0 Å². The van der Waals surface area contributed by atoms with Gasteiger partial charge in [0.2, 0.25) is 0 Å². The monoisotopic (exact) mass is 218 g/mol. The molecule has 0 unspecified atom stereocenters. The van der Waals surface area contributed by atoms with Crippen molar-refractivity contribution in [2.75, 3.05) is 39.3 Å². The molecule has 14 heavy (non-hydrogen) atoms. The molecule has 0 spiro atoms. The topological polar surface area (TPSA) is 43.8 Å². The van der Waals surface area contributed by atoms with Crippen molar-refractivity contribution in [1.82, 2.24) is 9.80 Å². The van der Waals surface area contributed by atoms with Crippen molar-refractivity contribution in [2.45, 2.75) is 0 Å². The Labute approximate surface area is 88.7 Å². The summed E-state index contributed by atoms with van der Waals surface area (Å²) in [5.41, 5.74) is 1.52. The maximum absolute atomic E-state index is 10.4. The maximum Gasteiger partial charge on any atom is 0.317 e. The second-order valence-corrected chi connectivity index (χ2v) is 3.58. The van der Waals surface area contributed by atoms with Crippen LogP contribution in [-0.2, 0) is 4.79 Å². The molecule has 0 saturated carbocycles. The number of piperazine rings is 1. The highest BCUT2D eigenvalue weighted by molar-refractivity contribution is 6.25. The molecule has 0 aromatic rings. The number of nitrogens with zero attached hydrogens (tertiary/aromatic N) is 2. The highest BCUT2D eigenvalue weighted by Crippen LogP contribution is 2.01. The van der Waals surface area contributed by atoms with Crippen molar-refractivity contribution in [3.63, 3.8) is 0 Å². The van der Waals surface area contributed by atoms with E-state index in [0.717, 1.165) is 32.7 Å². The summed E-state index contributed by atoms with van der Waals surface area (Å²) in [6, 6.07) is 0. The smallest absolute Gasteiger partial charge is 0.317 e. The number of hydrogen-bond acceptors (Lipinski definition) is 3. The van der Waals surface area contributed by atoms with E-state index in [2.05, 4.69) is 4.90 Å².